The quantitative estimate of drug-likeness (QED) is 0.206. The fourth-order valence-corrected chi connectivity index (χ4v) is 3.31. The lowest BCUT2D eigenvalue weighted by Crippen LogP contribution is -2.51. The molecule has 0 aliphatic carbocycles. The van der Waals surface area contributed by atoms with Crippen molar-refractivity contribution in [2.45, 2.75) is 32.9 Å². The second-order valence-electron chi connectivity index (χ2n) is 8.56. The highest BCUT2D eigenvalue weighted by atomic mass is 16.6. The van der Waals surface area contributed by atoms with Gasteiger partial charge in [0.15, 0.2) is 0 Å². The monoisotopic (exact) mass is 505 g/mol. The summed E-state index contributed by atoms with van der Waals surface area (Å²) in [5.41, 5.74) is 1.32. The van der Waals surface area contributed by atoms with Gasteiger partial charge in [-0.25, -0.2) is 14.4 Å². The van der Waals surface area contributed by atoms with Crippen molar-refractivity contribution in [3.8, 4) is 5.75 Å². The van der Waals surface area contributed by atoms with Crippen LogP contribution in [0.1, 0.15) is 31.4 Å². The zero-order chi connectivity index (χ0) is 26.8. The molecular formula is C27H27N3O7. The highest BCUT2D eigenvalue weighted by Crippen LogP contribution is 2.16. The molecule has 1 saturated heterocycles. The lowest BCUT2D eigenvalue weighted by Gasteiger charge is -2.19. The summed E-state index contributed by atoms with van der Waals surface area (Å²) in [6, 6.07) is 13.9. The number of benzene rings is 2. The molecule has 0 aromatic heterocycles. The summed E-state index contributed by atoms with van der Waals surface area (Å²) in [6.07, 6.45) is 4.04. The van der Waals surface area contributed by atoms with Crippen LogP contribution in [-0.4, -0.2) is 35.9 Å². The Hall–Kier alpha value is -4.73. The number of allylic oxidation sites excluding steroid dienone is 2. The second kappa shape index (κ2) is 12.8. The molecule has 0 spiro atoms. The van der Waals surface area contributed by atoms with Gasteiger partial charge in [-0.1, -0.05) is 68.5 Å². The maximum absolute atomic E-state index is 12.8. The molecule has 3 N–H and O–H groups in total. The normalized spacial score (nSPS) is 14.1. The van der Waals surface area contributed by atoms with E-state index in [4.69, 9.17) is 9.47 Å². The topological polar surface area (TPSA) is 140 Å². The first-order valence-corrected chi connectivity index (χ1v) is 11.5. The Morgan fingerprint density at radius 3 is 2.22 bits per heavy atom. The van der Waals surface area contributed by atoms with Crippen LogP contribution >= 0.6 is 0 Å². The van der Waals surface area contributed by atoms with Crippen LogP contribution in [0.3, 0.4) is 0 Å². The SMILES string of the molecule is CC(C)C[C@H](NC(=O)OCc1ccccc1)C(=O)Oc1ccc(/C=C/C=C2C(=O)NC(=O)NC2=O)cc1. The van der Waals surface area contributed by atoms with E-state index in [0.29, 0.717) is 12.0 Å². The van der Waals surface area contributed by atoms with Crippen LogP contribution in [0.4, 0.5) is 9.59 Å². The molecule has 2 aromatic rings. The van der Waals surface area contributed by atoms with Gasteiger partial charge in [-0.15, -0.1) is 0 Å². The van der Waals surface area contributed by atoms with E-state index in [1.165, 1.54) is 12.2 Å². The van der Waals surface area contributed by atoms with Gasteiger partial charge in [0.1, 0.15) is 24.0 Å². The summed E-state index contributed by atoms with van der Waals surface area (Å²) >= 11 is 0. The average molecular weight is 506 g/mol. The molecule has 0 radical (unpaired) electrons. The number of ether oxygens (including phenoxy) is 2. The van der Waals surface area contributed by atoms with E-state index in [1.807, 2.05) is 54.8 Å². The summed E-state index contributed by atoms with van der Waals surface area (Å²) in [5.74, 6) is -1.80. The Labute approximate surface area is 213 Å². The number of carbonyl (C=O) groups is 5. The molecule has 5 amide bonds. The van der Waals surface area contributed by atoms with Crippen LogP contribution in [-0.2, 0) is 25.7 Å². The zero-order valence-electron chi connectivity index (χ0n) is 20.4. The molecule has 1 atom stereocenters. The Kier molecular flexibility index (Phi) is 9.31. The number of hydrogen-bond donors (Lipinski definition) is 3. The first-order chi connectivity index (χ1) is 17.7. The van der Waals surface area contributed by atoms with E-state index in [2.05, 4.69) is 5.32 Å². The number of amides is 5. The van der Waals surface area contributed by atoms with Gasteiger partial charge in [0, 0.05) is 0 Å². The van der Waals surface area contributed by atoms with Gasteiger partial charge in [-0.2, -0.15) is 0 Å². The summed E-state index contributed by atoms with van der Waals surface area (Å²) in [5, 5.41) is 6.55. The van der Waals surface area contributed by atoms with Gasteiger partial charge in [-0.3, -0.25) is 20.2 Å². The van der Waals surface area contributed by atoms with Crippen molar-refractivity contribution in [3.05, 3.63) is 83.4 Å². The number of alkyl carbamates (subject to hydrolysis) is 1. The van der Waals surface area contributed by atoms with Crippen molar-refractivity contribution < 1.29 is 33.4 Å². The van der Waals surface area contributed by atoms with Crippen LogP contribution in [0.15, 0.2) is 72.3 Å². The number of hydrogen-bond acceptors (Lipinski definition) is 7. The molecule has 0 unspecified atom stereocenters. The van der Waals surface area contributed by atoms with Crippen molar-refractivity contribution in [2.75, 3.05) is 0 Å². The minimum Gasteiger partial charge on any atom is -0.445 e. The molecule has 10 nitrogen and oxygen atoms in total. The summed E-state index contributed by atoms with van der Waals surface area (Å²) in [7, 11) is 0. The Morgan fingerprint density at radius 2 is 1.59 bits per heavy atom. The molecule has 10 heteroatoms. The third-order valence-electron chi connectivity index (χ3n) is 5.09. The predicted molar refractivity (Wildman–Crippen MR) is 134 cm³/mol. The van der Waals surface area contributed by atoms with Gasteiger partial charge in [-0.05, 0) is 41.7 Å². The number of esters is 1. The first-order valence-electron chi connectivity index (χ1n) is 11.5. The van der Waals surface area contributed by atoms with Gasteiger partial charge >= 0.3 is 18.1 Å². The second-order valence-corrected chi connectivity index (χ2v) is 8.56. The molecule has 37 heavy (non-hydrogen) atoms. The van der Waals surface area contributed by atoms with Gasteiger partial charge in [0.05, 0.1) is 0 Å². The fourth-order valence-electron chi connectivity index (χ4n) is 3.31. The molecule has 0 bridgehead atoms. The number of carbonyl (C=O) groups excluding carboxylic acids is 5. The number of rotatable bonds is 9. The summed E-state index contributed by atoms with van der Waals surface area (Å²) in [6.45, 7) is 3.92. The summed E-state index contributed by atoms with van der Waals surface area (Å²) < 4.78 is 10.7. The van der Waals surface area contributed by atoms with E-state index in [1.54, 1.807) is 30.3 Å². The molecule has 1 heterocycles. The molecule has 3 rings (SSSR count). The van der Waals surface area contributed by atoms with Crippen molar-refractivity contribution in [1.82, 2.24) is 16.0 Å². The van der Waals surface area contributed by atoms with Gasteiger partial charge < -0.3 is 14.8 Å². The number of imide groups is 2. The smallest absolute Gasteiger partial charge is 0.408 e. The largest absolute Gasteiger partial charge is 0.445 e. The van der Waals surface area contributed by atoms with Gasteiger partial charge in [0.25, 0.3) is 11.8 Å². The Morgan fingerprint density at radius 1 is 0.946 bits per heavy atom. The first kappa shape index (κ1) is 26.9. The van der Waals surface area contributed by atoms with Crippen LogP contribution in [0.5, 0.6) is 5.75 Å². The van der Waals surface area contributed by atoms with Crippen molar-refractivity contribution >= 4 is 36.0 Å². The Balaban J connectivity index is 1.57. The van der Waals surface area contributed by atoms with Crippen LogP contribution in [0, 0.1) is 5.92 Å². The van der Waals surface area contributed by atoms with Crippen molar-refractivity contribution in [1.29, 1.82) is 0 Å². The number of barbiturate groups is 1. The molecule has 2 aromatic carbocycles. The predicted octanol–water partition coefficient (Wildman–Crippen LogP) is 3.24. The number of nitrogens with one attached hydrogen (secondary N) is 3. The van der Waals surface area contributed by atoms with Gasteiger partial charge in [0.2, 0.25) is 0 Å². The van der Waals surface area contributed by atoms with E-state index < -0.39 is 35.9 Å². The molecule has 1 aliphatic rings. The fraction of sp³-hybridized carbons (Fsp3) is 0.222. The van der Waals surface area contributed by atoms with E-state index >= 15 is 0 Å². The summed E-state index contributed by atoms with van der Waals surface area (Å²) in [4.78, 5) is 59.5. The lowest BCUT2D eigenvalue weighted by atomic mass is 10.0. The van der Waals surface area contributed by atoms with E-state index in [9.17, 15) is 24.0 Å². The zero-order valence-corrected chi connectivity index (χ0v) is 20.4. The van der Waals surface area contributed by atoms with Crippen LogP contribution in [0.25, 0.3) is 6.08 Å². The molecule has 1 fully saturated rings. The highest BCUT2D eigenvalue weighted by molar-refractivity contribution is 6.29. The third-order valence-corrected chi connectivity index (χ3v) is 5.09. The maximum Gasteiger partial charge on any atom is 0.408 e. The molecule has 0 saturated carbocycles. The van der Waals surface area contributed by atoms with Crippen molar-refractivity contribution in [2.24, 2.45) is 5.92 Å². The Bertz CT molecular complexity index is 1200. The molecule has 1 aliphatic heterocycles. The highest BCUT2D eigenvalue weighted by Gasteiger charge is 2.27. The molecular weight excluding hydrogens is 478 g/mol. The number of urea groups is 1. The van der Waals surface area contributed by atoms with E-state index in [-0.39, 0.29) is 23.8 Å². The minimum absolute atomic E-state index is 0.0786. The van der Waals surface area contributed by atoms with E-state index in [0.717, 1.165) is 5.56 Å². The lowest BCUT2D eigenvalue weighted by molar-refractivity contribution is -0.137. The maximum atomic E-state index is 12.8. The van der Waals surface area contributed by atoms with Crippen LogP contribution in [0.2, 0.25) is 0 Å². The standard InChI is InChI=1S/C27H27N3O7/c1-17(2)15-22(28-27(35)36-16-19-7-4-3-5-8-19)25(33)37-20-13-11-18(12-14-20)9-6-10-21-23(31)29-26(34)30-24(21)32/h3-14,17,22H,15-16H2,1-2H3,(H,28,35)(H2,29,30,31,32,34)/b9-6+/t22-/m0/s1. The molecule has 192 valence electrons. The average Bonchev–Trinajstić information content (AvgIpc) is 2.85. The van der Waals surface area contributed by atoms with Crippen molar-refractivity contribution in [3.63, 3.8) is 0 Å². The minimum atomic E-state index is -0.894. The van der Waals surface area contributed by atoms with Crippen LogP contribution < -0.4 is 20.7 Å². The third kappa shape index (κ3) is 8.46.